The first-order chi connectivity index (χ1) is 13.0. The van der Waals surface area contributed by atoms with E-state index in [1.54, 1.807) is 9.58 Å². The van der Waals surface area contributed by atoms with Crippen molar-refractivity contribution in [1.82, 2.24) is 24.2 Å². The molecule has 0 bridgehead atoms. The summed E-state index contributed by atoms with van der Waals surface area (Å²) < 4.78 is 9.10. The summed E-state index contributed by atoms with van der Waals surface area (Å²) in [7, 11) is 0. The molecule has 154 valence electrons. The number of fused-ring (bicyclic) bond motifs is 1. The number of hydrogen-bond acceptors (Lipinski definition) is 6. The topological polar surface area (TPSA) is 102 Å². The summed E-state index contributed by atoms with van der Waals surface area (Å²) in [6.07, 6.45) is 1.76. The Labute approximate surface area is 171 Å². The summed E-state index contributed by atoms with van der Waals surface area (Å²) in [5.74, 6) is 0. The quantitative estimate of drug-likeness (QED) is 0.760. The van der Waals surface area contributed by atoms with Gasteiger partial charge in [-0.05, 0) is 56.5 Å². The minimum absolute atomic E-state index is 0.105. The molecule has 1 fully saturated rings. The summed E-state index contributed by atoms with van der Waals surface area (Å²) in [4.78, 5) is 30.9. The van der Waals surface area contributed by atoms with Crippen molar-refractivity contribution in [2.24, 2.45) is 0 Å². The third-order valence-corrected chi connectivity index (χ3v) is 5.55. The van der Waals surface area contributed by atoms with Crippen molar-refractivity contribution in [2.45, 2.75) is 64.8 Å². The van der Waals surface area contributed by atoms with Crippen LogP contribution in [0, 0.1) is 0 Å². The molecule has 0 radical (unpaired) electrons. The second kappa shape index (κ2) is 7.47. The number of nitrogens with zero attached hydrogens (tertiary/aromatic N) is 5. The molecule has 10 heteroatoms. The van der Waals surface area contributed by atoms with Gasteiger partial charge in [0.2, 0.25) is 0 Å². The average molecular weight is 456 g/mol. The molecule has 0 saturated carbocycles. The standard InChI is InChI=1S/C18H26BrN5O4/c1-5-24-14(19)12-13(21-24)15(25)23(11-20-12)10-18(27)6-8-22(9-7-18)16(26)28-17(2,3)4/h11,27H,5-10H2,1-4H3. The Hall–Kier alpha value is -1.94. The molecule has 2 aromatic rings. The van der Waals surface area contributed by atoms with Crippen LogP contribution in [0.1, 0.15) is 40.5 Å². The SMILES string of the molecule is CCn1nc2c(=O)n(CC3(O)CCN(C(=O)OC(C)(C)C)CC3)cnc2c1Br. The molecule has 1 amide bonds. The predicted octanol–water partition coefficient (Wildman–Crippen LogP) is 2.14. The molecule has 9 nitrogen and oxygen atoms in total. The number of halogens is 1. The molecule has 1 saturated heterocycles. The van der Waals surface area contributed by atoms with E-state index in [-0.39, 0.29) is 23.7 Å². The largest absolute Gasteiger partial charge is 0.444 e. The number of ether oxygens (including phenoxy) is 1. The van der Waals surface area contributed by atoms with E-state index in [1.807, 2.05) is 27.7 Å². The fourth-order valence-electron chi connectivity index (χ4n) is 3.24. The number of rotatable bonds is 3. The van der Waals surface area contributed by atoms with E-state index in [4.69, 9.17) is 4.74 Å². The second-order valence-electron chi connectivity index (χ2n) is 8.17. The molecular formula is C18H26BrN5O4. The third kappa shape index (κ3) is 4.22. The molecule has 0 aromatic carbocycles. The van der Waals surface area contributed by atoms with Crippen molar-refractivity contribution in [2.75, 3.05) is 13.1 Å². The first kappa shape index (κ1) is 20.8. The normalized spacial score (nSPS) is 17.1. The lowest BCUT2D eigenvalue weighted by Gasteiger charge is -2.38. The average Bonchev–Trinajstić information content (AvgIpc) is 2.93. The van der Waals surface area contributed by atoms with Crippen molar-refractivity contribution in [3.05, 3.63) is 21.3 Å². The van der Waals surface area contributed by atoms with Gasteiger partial charge in [-0.15, -0.1) is 0 Å². The van der Waals surface area contributed by atoms with Gasteiger partial charge < -0.3 is 14.7 Å². The first-order valence-electron chi connectivity index (χ1n) is 9.35. The number of hydrogen-bond donors (Lipinski definition) is 1. The van der Waals surface area contributed by atoms with Crippen molar-refractivity contribution >= 4 is 33.1 Å². The van der Waals surface area contributed by atoms with Crippen molar-refractivity contribution in [3.8, 4) is 0 Å². The Morgan fingerprint density at radius 2 is 1.96 bits per heavy atom. The maximum Gasteiger partial charge on any atom is 0.410 e. The molecular weight excluding hydrogens is 430 g/mol. The van der Waals surface area contributed by atoms with E-state index in [0.717, 1.165) is 0 Å². The number of aryl methyl sites for hydroxylation is 1. The number of aliphatic hydroxyl groups is 1. The van der Waals surface area contributed by atoms with Crippen LogP contribution in [0.15, 0.2) is 15.7 Å². The van der Waals surface area contributed by atoms with Gasteiger partial charge in [0.05, 0.1) is 18.5 Å². The lowest BCUT2D eigenvalue weighted by Crippen LogP contribution is -2.50. The summed E-state index contributed by atoms with van der Waals surface area (Å²) in [5, 5.41) is 15.3. The summed E-state index contributed by atoms with van der Waals surface area (Å²) >= 11 is 3.41. The highest BCUT2D eigenvalue weighted by molar-refractivity contribution is 9.10. The van der Waals surface area contributed by atoms with E-state index in [9.17, 15) is 14.7 Å². The smallest absolute Gasteiger partial charge is 0.410 e. The highest BCUT2D eigenvalue weighted by Gasteiger charge is 2.36. The molecule has 1 aliphatic heterocycles. The van der Waals surface area contributed by atoms with E-state index in [0.29, 0.717) is 42.6 Å². The van der Waals surface area contributed by atoms with Crippen LogP contribution >= 0.6 is 15.9 Å². The number of carbonyl (C=O) groups is 1. The van der Waals surface area contributed by atoms with Gasteiger partial charge in [-0.3, -0.25) is 14.0 Å². The zero-order valence-corrected chi connectivity index (χ0v) is 18.2. The van der Waals surface area contributed by atoms with Crippen LogP contribution in [0.2, 0.25) is 0 Å². The fourth-order valence-corrected chi connectivity index (χ4v) is 3.86. The number of aromatic nitrogens is 4. The Bertz CT molecular complexity index is 938. The molecule has 1 N–H and O–H groups in total. The number of likely N-dealkylation sites (tertiary alicyclic amines) is 1. The van der Waals surface area contributed by atoms with Gasteiger partial charge in [0, 0.05) is 19.6 Å². The van der Waals surface area contributed by atoms with Gasteiger partial charge in [-0.1, -0.05) is 0 Å². The Morgan fingerprint density at radius 1 is 1.32 bits per heavy atom. The zero-order valence-electron chi connectivity index (χ0n) is 16.6. The Kier molecular flexibility index (Phi) is 5.55. The molecule has 3 rings (SSSR count). The van der Waals surface area contributed by atoms with Crippen LogP contribution in [0.4, 0.5) is 4.79 Å². The zero-order chi connectivity index (χ0) is 20.7. The van der Waals surface area contributed by atoms with Gasteiger partial charge in [0.25, 0.3) is 5.56 Å². The predicted molar refractivity (Wildman–Crippen MR) is 107 cm³/mol. The lowest BCUT2D eigenvalue weighted by atomic mass is 9.91. The lowest BCUT2D eigenvalue weighted by molar-refractivity contribution is -0.0419. The Morgan fingerprint density at radius 3 is 2.54 bits per heavy atom. The molecule has 2 aromatic heterocycles. The minimum atomic E-state index is -1.09. The second-order valence-corrected chi connectivity index (χ2v) is 8.92. The van der Waals surface area contributed by atoms with Crippen molar-refractivity contribution < 1.29 is 14.6 Å². The van der Waals surface area contributed by atoms with Crippen LogP contribution in [-0.4, -0.2) is 59.7 Å². The monoisotopic (exact) mass is 455 g/mol. The fraction of sp³-hybridized carbons (Fsp3) is 0.667. The van der Waals surface area contributed by atoms with Crippen LogP contribution in [-0.2, 0) is 17.8 Å². The Balaban J connectivity index is 1.73. The highest BCUT2D eigenvalue weighted by atomic mass is 79.9. The van der Waals surface area contributed by atoms with Crippen molar-refractivity contribution in [1.29, 1.82) is 0 Å². The van der Waals surface area contributed by atoms with E-state index >= 15 is 0 Å². The molecule has 1 aliphatic rings. The van der Waals surface area contributed by atoms with Gasteiger partial charge in [0.1, 0.15) is 15.7 Å². The highest BCUT2D eigenvalue weighted by Crippen LogP contribution is 2.26. The molecule has 0 spiro atoms. The first-order valence-corrected chi connectivity index (χ1v) is 10.1. The van der Waals surface area contributed by atoms with Crippen molar-refractivity contribution in [3.63, 3.8) is 0 Å². The van der Waals surface area contributed by atoms with Crippen LogP contribution in [0.3, 0.4) is 0 Å². The van der Waals surface area contributed by atoms with Crippen LogP contribution < -0.4 is 5.56 Å². The molecule has 3 heterocycles. The summed E-state index contributed by atoms with van der Waals surface area (Å²) in [5.41, 5.74) is -1.17. The maximum absolute atomic E-state index is 12.8. The van der Waals surface area contributed by atoms with Gasteiger partial charge in [0.15, 0.2) is 5.52 Å². The molecule has 0 unspecified atom stereocenters. The van der Waals surface area contributed by atoms with E-state index < -0.39 is 11.2 Å². The maximum atomic E-state index is 12.8. The summed E-state index contributed by atoms with van der Waals surface area (Å²) in [6, 6.07) is 0. The van der Waals surface area contributed by atoms with E-state index in [2.05, 4.69) is 26.0 Å². The number of carbonyl (C=O) groups excluding carboxylic acids is 1. The van der Waals surface area contributed by atoms with E-state index in [1.165, 1.54) is 10.9 Å². The van der Waals surface area contributed by atoms with Gasteiger partial charge in [-0.2, -0.15) is 5.10 Å². The minimum Gasteiger partial charge on any atom is -0.444 e. The number of piperidine rings is 1. The third-order valence-electron chi connectivity index (χ3n) is 4.77. The number of amides is 1. The van der Waals surface area contributed by atoms with Crippen LogP contribution in [0.5, 0.6) is 0 Å². The molecule has 0 aliphatic carbocycles. The van der Waals surface area contributed by atoms with Gasteiger partial charge in [-0.25, -0.2) is 9.78 Å². The summed E-state index contributed by atoms with van der Waals surface area (Å²) in [6.45, 7) is 8.83. The molecule has 0 atom stereocenters. The van der Waals surface area contributed by atoms with Gasteiger partial charge >= 0.3 is 6.09 Å². The van der Waals surface area contributed by atoms with Crippen LogP contribution in [0.25, 0.3) is 11.0 Å². The molecule has 28 heavy (non-hydrogen) atoms.